The van der Waals surface area contributed by atoms with Crippen LogP contribution < -0.4 is 5.32 Å². The SMILES string of the molecule is CCNC(CCc1ccco1)Cc1c(Br)c(C)nn1CC. The number of hydrogen-bond donors (Lipinski definition) is 1. The molecule has 1 unspecified atom stereocenters. The lowest BCUT2D eigenvalue weighted by molar-refractivity contribution is 0.438. The lowest BCUT2D eigenvalue weighted by atomic mass is 10.0. The van der Waals surface area contributed by atoms with Crippen molar-refractivity contribution in [1.29, 1.82) is 0 Å². The molecule has 116 valence electrons. The summed E-state index contributed by atoms with van der Waals surface area (Å²) in [4.78, 5) is 0. The van der Waals surface area contributed by atoms with Gasteiger partial charge in [0.05, 0.1) is 22.1 Å². The molecule has 1 N–H and O–H groups in total. The van der Waals surface area contributed by atoms with Crippen molar-refractivity contribution in [3.63, 3.8) is 0 Å². The molecule has 2 aromatic heterocycles. The molecule has 0 aromatic carbocycles. The quantitative estimate of drug-likeness (QED) is 0.786. The van der Waals surface area contributed by atoms with Crippen molar-refractivity contribution in [2.75, 3.05) is 6.54 Å². The second-order valence-electron chi connectivity index (χ2n) is 5.24. The maximum Gasteiger partial charge on any atom is 0.103 e. The van der Waals surface area contributed by atoms with Crippen molar-refractivity contribution >= 4 is 15.9 Å². The van der Waals surface area contributed by atoms with Crippen LogP contribution in [0.25, 0.3) is 0 Å². The Morgan fingerprint density at radius 1 is 1.43 bits per heavy atom. The summed E-state index contributed by atoms with van der Waals surface area (Å²) in [6, 6.07) is 4.42. The van der Waals surface area contributed by atoms with Crippen molar-refractivity contribution < 1.29 is 4.42 Å². The Kier molecular flexibility index (Phi) is 6.06. The minimum absolute atomic E-state index is 0.429. The van der Waals surface area contributed by atoms with Crippen LogP contribution in [0.3, 0.4) is 0 Å². The summed E-state index contributed by atoms with van der Waals surface area (Å²) in [6.07, 6.45) is 4.73. The molecule has 0 aliphatic carbocycles. The zero-order chi connectivity index (χ0) is 15.2. The Balaban J connectivity index is 2.05. The molecule has 0 saturated heterocycles. The van der Waals surface area contributed by atoms with Crippen molar-refractivity contribution in [1.82, 2.24) is 15.1 Å². The second-order valence-corrected chi connectivity index (χ2v) is 6.03. The molecule has 2 aromatic rings. The summed E-state index contributed by atoms with van der Waals surface area (Å²) in [6.45, 7) is 8.20. The van der Waals surface area contributed by atoms with E-state index in [9.17, 15) is 0 Å². The van der Waals surface area contributed by atoms with E-state index in [2.05, 4.69) is 44.9 Å². The average molecular weight is 354 g/mol. The molecule has 0 amide bonds. The third kappa shape index (κ3) is 4.20. The van der Waals surface area contributed by atoms with Gasteiger partial charge >= 0.3 is 0 Å². The van der Waals surface area contributed by atoms with Gasteiger partial charge < -0.3 is 9.73 Å². The number of halogens is 1. The molecule has 2 heterocycles. The second kappa shape index (κ2) is 7.80. The number of furan rings is 1. The fraction of sp³-hybridized carbons (Fsp3) is 0.562. The van der Waals surface area contributed by atoms with Crippen molar-refractivity contribution in [3.05, 3.63) is 40.0 Å². The van der Waals surface area contributed by atoms with Crippen LogP contribution in [-0.2, 0) is 19.4 Å². The largest absolute Gasteiger partial charge is 0.469 e. The fourth-order valence-corrected chi connectivity index (χ4v) is 3.08. The van der Waals surface area contributed by atoms with Crippen LogP contribution in [-0.4, -0.2) is 22.4 Å². The van der Waals surface area contributed by atoms with Gasteiger partial charge in [0.25, 0.3) is 0 Å². The van der Waals surface area contributed by atoms with Gasteiger partial charge in [-0.25, -0.2) is 0 Å². The van der Waals surface area contributed by atoms with E-state index < -0.39 is 0 Å². The molecule has 0 fully saturated rings. The number of hydrogen-bond acceptors (Lipinski definition) is 3. The first kappa shape index (κ1) is 16.3. The van der Waals surface area contributed by atoms with Crippen LogP contribution in [0, 0.1) is 6.92 Å². The summed E-state index contributed by atoms with van der Waals surface area (Å²) in [5.41, 5.74) is 2.34. The van der Waals surface area contributed by atoms with Crippen molar-refractivity contribution in [2.24, 2.45) is 0 Å². The molecule has 0 radical (unpaired) electrons. The number of nitrogens with one attached hydrogen (secondary N) is 1. The van der Waals surface area contributed by atoms with Gasteiger partial charge in [0.1, 0.15) is 5.76 Å². The Morgan fingerprint density at radius 3 is 2.86 bits per heavy atom. The molecule has 0 saturated carbocycles. The van der Waals surface area contributed by atoms with Crippen LogP contribution in [0.2, 0.25) is 0 Å². The van der Waals surface area contributed by atoms with Crippen LogP contribution in [0.1, 0.15) is 37.4 Å². The summed E-state index contributed by atoms with van der Waals surface area (Å²) in [5, 5.41) is 8.15. The summed E-state index contributed by atoms with van der Waals surface area (Å²) in [5.74, 6) is 1.05. The molecule has 5 heteroatoms. The van der Waals surface area contributed by atoms with Gasteiger partial charge in [0, 0.05) is 25.4 Å². The molecule has 0 spiro atoms. The van der Waals surface area contributed by atoms with Gasteiger partial charge in [0.15, 0.2) is 0 Å². The topological polar surface area (TPSA) is 43.0 Å². The standard InChI is InChI=1S/C16H24BrN3O/c1-4-18-13(8-9-14-7-6-10-21-14)11-15-16(17)12(3)19-20(15)5-2/h6-7,10,13,18H,4-5,8-9,11H2,1-3H3. The first-order chi connectivity index (χ1) is 10.2. The van der Waals surface area contributed by atoms with E-state index in [0.717, 1.165) is 48.3 Å². The maximum absolute atomic E-state index is 5.43. The monoisotopic (exact) mass is 353 g/mol. The van der Waals surface area contributed by atoms with E-state index in [1.54, 1.807) is 6.26 Å². The summed E-state index contributed by atoms with van der Waals surface area (Å²) < 4.78 is 8.67. The van der Waals surface area contributed by atoms with E-state index in [4.69, 9.17) is 4.42 Å². The number of aryl methyl sites for hydroxylation is 3. The van der Waals surface area contributed by atoms with E-state index in [1.165, 1.54) is 5.69 Å². The van der Waals surface area contributed by atoms with Gasteiger partial charge in [-0.05, 0) is 54.9 Å². The van der Waals surface area contributed by atoms with Gasteiger partial charge in [-0.15, -0.1) is 0 Å². The highest BCUT2D eigenvalue weighted by atomic mass is 79.9. The Hall–Kier alpha value is -1.07. The molecule has 1 atom stereocenters. The third-order valence-electron chi connectivity index (χ3n) is 3.70. The van der Waals surface area contributed by atoms with Gasteiger partial charge in [-0.2, -0.15) is 5.10 Å². The summed E-state index contributed by atoms with van der Waals surface area (Å²) >= 11 is 3.68. The highest BCUT2D eigenvalue weighted by molar-refractivity contribution is 9.10. The highest BCUT2D eigenvalue weighted by Gasteiger charge is 2.17. The molecule has 0 aliphatic rings. The van der Waals surface area contributed by atoms with Crippen LogP contribution in [0.5, 0.6) is 0 Å². The van der Waals surface area contributed by atoms with Gasteiger partial charge in [0.2, 0.25) is 0 Å². The first-order valence-electron chi connectivity index (χ1n) is 7.63. The summed E-state index contributed by atoms with van der Waals surface area (Å²) in [7, 11) is 0. The van der Waals surface area contributed by atoms with Crippen LogP contribution in [0.15, 0.2) is 27.3 Å². The van der Waals surface area contributed by atoms with Crippen molar-refractivity contribution in [2.45, 2.75) is 52.6 Å². The third-order valence-corrected chi connectivity index (χ3v) is 4.74. The minimum Gasteiger partial charge on any atom is -0.469 e. The molecule has 0 bridgehead atoms. The molecule has 0 aliphatic heterocycles. The van der Waals surface area contributed by atoms with Gasteiger partial charge in [-0.1, -0.05) is 6.92 Å². The predicted octanol–water partition coefficient (Wildman–Crippen LogP) is 3.72. The zero-order valence-electron chi connectivity index (χ0n) is 13.0. The lowest BCUT2D eigenvalue weighted by Crippen LogP contribution is -2.32. The van der Waals surface area contributed by atoms with Crippen LogP contribution in [0.4, 0.5) is 0 Å². The van der Waals surface area contributed by atoms with E-state index in [-0.39, 0.29) is 0 Å². The molecular formula is C16H24BrN3O. The number of aromatic nitrogens is 2. The molecular weight excluding hydrogens is 330 g/mol. The van der Waals surface area contributed by atoms with E-state index >= 15 is 0 Å². The zero-order valence-corrected chi connectivity index (χ0v) is 14.6. The Labute approximate surface area is 135 Å². The fourth-order valence-electron chi connectivity index (χ4n) is 2.63. The normalized spacial score (nSPS) is 12.8. The number of likely N-dealkylation sites (N-methyl/N-ethyl adjacent to an activating group) is 1. The van der Waals surface area contributed by atoms with E-state index in [0.29, 0.717) is 6.04 Å². The molecule has 2 rings (SSSR count). The lowest BCUT2D eigenvalue weighted by Gasteiger charge is -2.18. The van der Waals surface area contributed by atoms with Gasteiger partial charge in [-0.3, -0.25) is 4.68 Å². The Bertz CT molecular complexity index is 548. The van der Waals surface area contributed by atoms with E-state index in [1.807, 2.05) is 19.1 Å². The molecule has 21 heavy (non-hydrogen) atoms. The first-order valence-corrected chi connectivity index (χ1v) is 8.42. The van der Waals surface area contributed by atoms with Crippen molar-refractivity contribution in [3.8, 4) is 0 Å². The highest BCUT2D eigenvalue weighted by Crippen LogP contribution is 2.23. The smallest absolute Gasteiger partial charge is 0.103 e. The number of nitrogens with zero attached hydrogens (tertiary/aromatic N) is 2. The average Bonchev–Trinajstić information content (AvgIpc) is 3.08. The number of rotatable bonds is 8. The molecule has 4 nitrogen and oxygen atoms in total. The predicted molar refractivity (Wildman–Crippen MR) is 88.5 cm³/mol. The van der Waals surface area contributed by atoms with Crippen LogP contribution >= 0.6 is 15.9 Å². The minimum atomic E-state index is 0.429. The maximum atomic E-state index is 5.43. The Morgan fingerprint density at radius 2 is 2.24 bits per heavy atom.